The standard InChI is InChI=1S/C20H27N/c1-6-18(11-16(5)14(2)3)20-12-17(8-7-15(20)4)13-21-19-9-10-19/h6-8,11-12,19,21H,2,9-10,13H2,1,3-5H3/b16-11-,18-6+. The molecular formula is C20H27N. The molecule has 0 bridgehead atoms. The first-order valence-electron chi connectivity index (χ1n) is 7.85. The molecule has 0 saturated heterocycles. The molecule has 0 aromatic heterocycles. The van der Waals surface area contributed by atoms with E-state index in [1.807, 2.05) is 0 Å². The van der Waals surface area contributed by atoms with E-state index in [1.54, 1.807) is 0 Å². The van der Waals surface area contributed by atoms with Gasteiger partial charge >= 0.3 is 0 Å². The summed E-state index contributed by atoms with van der Waals surface area (Å²) in [5.74, 6) is 0. The number of benzene rings is 1. The molecule has 1 aliphatic rings. The van der Waals surface area contributed by atoms with Gasteiger partial charge in [-0.3, -0.25) is 0 Å². The Bertz CT molecular complexity index is 586. The minimum Gasteiger partial charge on any atom is -0.310 e. The smallest absolute Gasteiger partial charge is 0.0208 e. The average molecular weight is 281 g/mol. The van der Waals surface area contributed by atoms with Crippen LogP contribution in [-0.2, 0) is 6.54 Å². The second-order valence-corrected chi connectivity index (χ2v) is 6.16. The zero-order valence-electron chi connectivity index (χ0n) is 13.8. The number of nitrogens with one attached hydrogen (secondary N) is 1. The van der Waals surface area contributed by atoms with Crippen LogP contribution in [0, 0.1) is 6.92 Å². The van der Waals surface area contributed by atoms with Crippen LogP contribution in [0.3, 0.4) is 0 Å². The van der Waals surface area contributed by atoms with Gasteiger partial charge in [-0.1, -0.05) is 36.4 Å². The highest BCUT2D eigenvalue weighted by atomic mass is 14.9. The largest absolute Gasteiger partial charge is 0.310 e. The number of hydrogen-bond acceptors (Lipinski definition) is 1. The van der Waals surface area contributed by atoms with E-state index in [4.69, 9.17) is 0 Å². The minimum atomic E-state index is 0.751. The van der Waals surface area contributed by atoms with Crippen LogP contribution in [0.1, 0.15) is 50.3 Å². The van der Waals surface area contributed by atoms with Crippen molar-refractivity contribution in [2.45, 2.75) is 53.1 Å². The van der Waals surface area contributed by atoms with Crippen LogP contribution in [0.15, 0.2) is 48.1 Å². The van der Waals surface area contributed by atoms with Crippen molar-refractivity contribution in [3.8, 4) is 0 Å². The highest BCUT2D eigenvalue weighted by Gasteiger charge is 2.20. The lowest BCUT2D eigenvalue weighted by Gasteiger charge is -2.12. The molecule has 0 spiro atoms. The fourth-order valence-corrected chi connectivity index (χ4v) is 2.31. The first kappa shape index (κ1) is 15.8. The first-order chi connectivity index (χ1) is 10.0. The van der Waals surface area contributed by atoms with Gasteiger partial charge in [-0.25, -0.2) is 0 Å². The van der Waals surface area contributed by atoms with Crippen LogP contribution >= 0.6 is 0 Å². The van der Waals surface area contributed by atoms with Crippen molar-refractivity contribution in [2.75, 3.05) is 0 Å². The third-order valence-electron chi connectivity index (χ3n) is 4.14. The van der Waals surface area contributed by atoms with Crippen LogP contribution in [0.2, 0.25) is 0 Å². The number of rotatable bonds is 6. The summed E-state index contributed by atoms with van der Waals surface area (Å²) in [4.78, 5) is 0. The number of hydrogen-bond donors (Lipinski definition) is 1. The second kappa shape index (κ2) is 6.91. The summed E-state index contributed by atoms with van der Waals surface area (Å²) in [6.07, 6.45) is 7.09. The third kappa shape index (κ3) is 4.44. The van der Waals surface area contributed by atoms with Crippen molar-refractivity contribution >= 4 is 5.57 Å². The maximum absolute atomic E-state index is 4.03. The Balaban J connectivity index is 2.24. The Labute approximate surface area is 129 Å². The van der Waals surface area contributed by atoms with Crippen molar-refractivity contribution in [2.24, 2.45) is 0 Å². The summed E-state index contributed by atoms with van der Waals surface area (Å²) in [5, 5.41) is 3.59. The van der Waals surface area contributed by atoms with Gasteiger partial charge in [0.2, 0.25) is 0 Å². The zero-order chi connectivity index (χ0) is 15.4. The van der Waals surface area contributed by atoms with E-state index in [-0.39, 0.29) is 0 Å². The van der Waals surface area contributed by atoms with Crippen LogP contribution in [0.4, 0.5) is 0 Å². The first-order valence-corrected chi connectivity index (χ1v) is 7.85. The topological polar surface area (TPSA) is 12.0 Å². The molecule has 1 aliphatic carbocycles. The number of aryl methyl sites for hydroxylation is 1. The van der Waals surface area contributed by atoms with Crippen LogP contribution < -0.4 is 5.32 Å². The molecular weight excluding hydrogens is 254 g/mol. The van der Waals surface area contributed by atoms with Crippen molar-refractivity contribution in [3.05, 3.63) is 64.8 Å². The molecule has 1 aromatic carbocycles. The summed E-state index contributed by atoms with van der Waals surface area (Å²) in [6, 6.07) is 7.53. The SMILES string of the molecule is C=C(C)/C(C)=C\C(=C/C)c1cc(CNC2CC2)ccc1C. The molecule has 0 heterocycles. The van der Waals surface area contributed by atoms with Gasteiger partial charge in [0, 0.05) is 12.6 Å². The molecule has 1 N–H and O–H groups in total. The van der Waals surface area contributed by atoms with Gasteiger partial charge in [0.25, 0.3) is 0 Å². The third-order valence-corrected chi connectivity index (χ3v) is 4.14. The van der Waals surface area contributed by atoms with Crippen molar-refractivity contribution in [3.63, 3.8) is 0 Å². The molecule has 1 nitrogen and oxygen atoms in total. The monoisotopic (exact) mass is 281 g/mol. The Morgan fingerprint density at radius 2 is 2.05 bits per heavy atom. The molecule has 21 heavy (non-hydrogen) atoms. The van der Waals surface area contributed by atoms with Crippen LogP contribution in [0.25, 0.3) is 5.57 Å². The van der Waals surface area contributed by atoms with E-state index < -0.39 is 0 Å². The summed E-state index contributed by atoms with van der Waals surface area (Å²) < 4.78 is 0. The predicted molar refractivity (Wildman–Crippen MR) is 93.3 cm³/mol. The molecule has 0 amide bonds. The molecule has 1 aromatic rings. The maximum Gasteiger partial charge on any atom is 0.0208 e. The van der Waals surface area contributed by atoms with Crippen molar-refractivity contribution in [1.82, 2.24) is 5.32 Å². The molecule has 2 rings (SSSR count). The minimum absolute atomic E-state index is 0.751. The molecule has 1 saturated carbocycles. The fraction of sp³-hybridized carbons (Fsp3) is 0.400. The van der Waals surface area contributed by atoms with E-state index in [9.17, 15) is 0 Å². The van der Waals surface area contributed by atoms with Gasteiger partial charge in [0.15, 0.2) is 0 Å². The summed E-state index contributed by atoms with van der Waals surface area (Å²) in [6.45, 7) is 13.5. The summed E-state index contributed by atoms with van der Waals surface area (Å²) >= 11 is 0. The van der Waals surface area contributed by atoms with Gasteiger partial charge in [-0.15, -0.1) is 0 Å². The van der Waals surface area contributed by atoms with Gasteiger partial charge in [0.1, 0.15) is 0 Å². The molecule has 1 heteroatoms. The van der Waals surface area contributed by atoms with Crippen molar-refractivity contribution in [1.29, 1.82) is 0 Å². The highest BCUT2D eigenvalue weighted by Crippen LogP contribution is 2.25. The lowest BCUT2D eigenvalue weighted by molar-refractivity contribution is 0.687. The summed E-state index contributed by atoms with van der Waals surface area (Å²) in [7, 11) is 0. The molecule has 0 radical (unpaired) electrons. The van der Waals surface area contributed by atoms with Gasteiger partial charge in [0.05, 0.1) is 0 Å². The van der Waals surface area contributed by atoms with Gasteiger partial charge < -0.3 is 5.32 Å². The average Bonchev–Trinajstić information content (AvgIpc) is 3.28. The quantitative estimate of drug-likeness (QED) is 0.709. The van der Waals surface area contributed by atoms with E-state index in [1.165, 1.54) is 40.7 Å². The Kier molecular flexibility index (Phi) is 5.19. The second-order valence-electron chi connectivity index (χ2n) is 6.16. The highest BCUT2D eigenvalue weighted by molar-refractivity contribution is 5.77. The molecule has 0 atom stereocenters. The lowest BCUT2D eigenvalue weighted by Crippen LogP contribution is -2.15. The van der Waals surface area contributed by atoms with Crippen LogP contribution in [0.5, 0.6) is 0 Å². The Hall–Kier alpha value is -1.60. The Morgan fingerprint density at radius 1 is 1.33 bits per heavy atom. The lowest BCUT2D eigenvalue weighted by atomic mass is 9.95. The normalized spacial score (nSPS) is 16.2. The number of allylic oxidation sites excluding steroid dienone is 5. The Morgan fingerprint density at radius 3 is 2.62 bits per heavy atom. The molecule has 0 unspecified atom stereocenters. The zero-order valence-corrected chi connectivity index (χ0v) is 13.8. The van der Waals surface area contributed by atoms with E-state index >= 15 is 0 Å². The van der Waals surface area contributed by atoms with Gasteiger partial charge in [-0.2, -0.15) is 0 Å². The van der Waals surface area contributed by atoms with Crippen molar-refractivity contribution < 1.29 is 0 Å². The predicted octanol–water partition coefficient (Wildman–Crippen LogP) is 5.17. The van der Waals surface area contributed by atoms with Crippen LogP contribution in [-0.4, -0.2) is 6.04 Å². The molecule has 1 fully saturated rings. The maximum atomic E-state index is 4.03. The molecule has 0 aliphatic heterocycles. The van der Waals surface area contributed by atoms with Gasteiger partial charge in [-0.05, 0) is 74.4 Å². The van der Waals surface area contributed by atoms with E-state index in [0.717, 1.165) is 18.2 Å². The fourth-order valence-electron chi connectivity index (χ4n) is 2.31. The summed E-state index contributed by atoms with van der Waals surface area (Å²) in [5.41, 5.74) is 7.66. The molecule has 112 valence electrons. The van der Waals surface area contributed by atoms with E-state index in [2.05, 4.69) is 69.9 Å². The van der Waals surface area contributed by atoms with E-state index in [0.29, 0.717) is 0 Å².